The lowest BCUT2D eigenvalue weighted by atomic mass is 10.1. The molecule has 0 radical (unpaired) electrons. The zero-order valence-corrected chi connectivity index (χ0v) is 14.0. The number of hydrogen-bond donors (Lipinski definition) is 1. The van der Waals surface area contributed by atoms with Gasteiger partial charge in [-0.2, -0.15) is 0 Å². The summed E-state index contributed by atoms with van der Waals surface area (Å²) in [4.78, 5) is 0. The maximum absolute atomic E-state index is 8.99. The fraction of sp³-hybridized carbons (Fsp3) is 0.625. The Morgan fingerprint density at radius 2 is 1.58 bits per heavy atom. The minimum absolute atomic E-state index is 0.120. The number of hydrogen-bond acceptors (Lipinski definition) is 2. The van der Waals surface area contributed by atoms with Gasteiger partial charge in [-0.15, -0.1) is 0 Å². The first kappa shape index (κ1) is 16.4. The molecule has 0 aliphatic carbocycles. The van der Waals surface area contributed by atoms with Crippen molar-refractivity contribution >= 4 is 8.32 Å². The van der Waals surface area contributed by atoms with Gasteiger partial charge in [0.1, 0.15) is 0 Å². The first-order valence-electron chi connectivity index (χ1n) is 7.09. The van der Waals surface area contributed by atoms with E-state index in [2.05, 4.69) is 46.0 Å². The van der Waals surface area contributed by atoms with Crippen molar-refractivity contribution in [2.75, 3.05) is 6.61 Å². The second-order valence-electron chi connectivity index (χ2n) is 6.69. The molecule has 1 aromatic carbocycles. The van der Waals surface area contributed by atoms with Gasteiger partial charge in [0.25, 0.3) is 0 Å². The summed E-state index contributed by atoms with van der Waals surface area (Å²) in [5.41, 5.74) is 2.29. The van der Waals surface area contributed by atoms with Crippen molar-refractivity contribution in [2.45, 2.75) is 58.4 Å². The van der Waals surface area contributed by atoms with Crippen molar-refractivity contribution in [1.82, 2.24) is 0 Å². The summed E-state index contributed by atoms with van der Waals surface area (Å²) < 4.78 is 6.16. The summed E-state index contributed by atoms with van der Waals surface area (Å²) in [6.07, 6.45) is 2.10. The number of rotatable bonds is 6. The van der Waals surface area contributed by atoms with Gasteiger partial charge in [-0.05, 0) is 42.1 Å². The molecular weight excluding hydrogens is 252 g/mol. The summed E-state index contributed by atoms with van der Waals surface area (Å²) in [6, 6.07) is 8.17. The predicted octanol–water partition coefficient (Wildman–Crippen LogP) is 4.13. The van der Waals surface area contributed by atoms with E-state index < -0.39 is 8.32 Å². The first-order valence-corrected chi connectivity index (χ1v) is 10.00. The highest BCUT2D eigenvalue weighted by molar-refractivity contribution is 6.74. The van der Waals surface area contributed by atoms with Crippen LogP contribution in [-0.2, 0) is 17.5 Å². The van der Waals surface area contributed by atoms with Crippen LogP contribution in [0.3, 0.4) is 0 Å². The highest BCUT2D eigenvalue weighted by Crippen LogP contribution is 2.36. The molecule has 0 aliphatic rings. The summed E-state index contributed by atoms with van der Waals surface area (Å²) in [7, 11) is -1.59. The van der Waals surface area contributed by atoms with Crippen LogP contribution in [0.2, 0.25) is 18.1 Å². The van der Waals surface area contributed by atoms with Gasteiger partial charge in [-0.3, -0.25) is 0 Å². The molecule has 0 heterocycles. The van der Waals surface area contributed by atoms with Crippen LogP contribution < -0.4 is 0 Å². The van der Waals surface area contributed by atoms with Gasteiger partial charge < -0.3 is 9.53 Å². The van der Waals surface area contributed by atoms with E-state index in [9.17, 15) is 0 Å². The van der Waals surface area contributed by atoms with E-state index in [1.807, 2.05) is 12.1 Å². The number of aliphatic hydroxyl groups is 1. The Labute approximate surface area is 118 Å². The zero-order chi connectivity index (χ0) is 14.5. The van der Waals surface area contributed by atoms with Crippen molar-refractivity contribution < 1.29 is 9.53 Å². The van der Waals surface area contributed by atoms with Gasteiger partial charge in [0.05, 0.1) is 6.61 Å². The first-order chi connectivity index (χ1) is 8.76. The van der Waals surface area contributed by atoms with E-state index in [-0.39, 0.29) is 11.6 Å². The Bertz CT molecular complexity index is 377. The molecule has 1 N–H and O–H groups in total. The Kier molecular flexibility index (Phi) is 5.77. The second kappa shape index (κ2) is 6.68. The monoisotopic (exact) mass is 280 g/mol. The third-order valence-corrected chi connectivity index (χ3v) is 8.62. The summed E-state index contributed by atoms with van der Waals surface area (Å²) in [5, 5.41) is 9.28. The lowest BCUT2D eigenvalue weighted by Gasteiger charge is -2.36. The molecule has 0 bridgehead atoms. The number of benzene rings is 1. The largest absolute Gasteiger partial charge is 0.417 e. The van der Waals surface area contributed by atoms with Gasteiger partial charge in [0, 0.05) is 6.61 Å². The van der Waals surface area contributed by atoms with Crippen LogP contribution in [0.4, 0.5) is 0 Å². The highest BCUT2D eigenvalue weighted by atomic mass is 28.4. The highest BCUT2D eigenvalue weighted by Gasteiger charge is 2.36. The molecule has 0 saturated carbocycles. The summed E-state index contributed by atoms with van der Waals surface area (Å²) in [6.45, 7) is 12.4. The molecule has 0 saturated heterocycles. The third-order valence-electron chi connectivity index (χ3n) is 4.08. The van der Waals surface area contributed by atoms with E-state index in [1.165, 1.54) is 5.56 Å². The third kappa shape index (κ3) is 5.09. The van der Waals surface area contributed by atoms with E-state index in [0.29, 0.717) is 0 Å². The Morgan fingerprint density at radius 3 is 2.05 bits per heavy atom. The quantitative estimate of drug-likeness (QED) is 0.627. The Balaban J connectivity index is 2.34. The van der Waals surface area contributed by atoms with E-state index in [0.717, 1.165) is 25.0 Å². The Morgan fingerprint density at radius 1 is 1.05 bits per heavy atom. The van der Waals surface area contributed by atoms with E-state index >= 15 is 0 Å². The van der Waals surface area contributed by atoms with Crippen molar-refractivity contribution in [3.63, 3.8) is 0 Å². The predicted molar refractivity (Wildman–Crippen MR) is 83.8 cm³/mol. The van der Waals surface area contributed by atoms with Crippen LogP contribution in [0.1, 0.15) is 38.3 Å². The zero-order valence-electron chi connectivity index (χ0n) is 13.0. The van der Waals surface area contributed by atoms with Crippen molar-refractivity contribution in [1.29, 1.82) is 0 Å². The molecule has 1 aromatic rings. The average molecular weight is 280 g/mol. The van der Waals surface area contributed by atoms with Gasteiger partial charge in [-0.25, -0.2) is 0 Å². The molecule has 0 amide bonds. The molecular formula is C16H28O2Si. The normalized spacial score (nSPS) is 12.7. The van der Waals surface area contributed by atoms with Gasteiger partial charge >= 0.3 is 0 Å². The SMILES string of the molecule is CC(C)(C)[Si](C)(C)OCCCc1ccc(CO)cc1. The van der Waals surface area contributed by atoms with Gasteiger partial charge in [0.2, 0.25) is 0 Å². The smallest absolute Gasteiger partial charge is 0.191 e. The molecule has 0 aromatic heterocycles. The maximum Gasteiger partial charge on any atom is 0.191 e. The summed E-state index contributed by atoms with van der Waals surface area (Å²) >= 11 is 0. The van der Waals surface area contributed by atoms with E-state index in [4.69, 9.17) is 9.53 Å². The van der Waals surface area contributed by atoms with Crippen LogP contribution in [0, 0.1) is 0 Å². The molecule has 0 atom stereocenters. The lowest BCUT2D eigenvalue weighted by molar-refractivity contribution is 0.281. The molecule has 19 heavy (non-hydrogen) atoms. The van der Waals surface area contributed by atoms with Crippen LogP contribution in [0.5, 0.6) is 0 Å². The number of aryl methyl sites for hydroxylation is 1. The summed E-state index contributed by atoms with van der Waals surface area (Å²) in [5.74, 6) is 0. The van der Waals surface area contributed by atoms with Crippen LogP contribution in [0.25, 0.3) is 0 Å². The van der Waals surface area contributed by atoms with Crippen molar-refractivity contribution in [3.05, 3.63) is 35.4 Å². The van der Waals surface area contributed by atoms with Crippen LogP contribution in [0.15, 0.2) is 24.3 Å². The van der Waals surface area contributed by atoms with Crippen LogP contribution in [-0.4, -0.2) is 20.0 Å². The minimum Gasteiger partial charge on any atom is -0.417 e. The molecule has 0 aliphatic heterocycles. The lowest BCUT2D eigenvalue weighted by Crippen LogP contribution is -2.41. The Hall–Kier alpha value is -0.643. The second-order valence-corrected chi connectivity index (χ2v) is 11.5. The van der Waals surface area contributed by atoms with E-state index in [1.54, 1.807) is 0 Å². The molecule has 2 nitrogen and oxygen atoms in total. The van der Waals surface area contributed by atoms with Crippen molar-refractivity contribution in [2.24, 2.45) is 0 Å². The number of aliphatic hydroxyl groups excluding tert-OH is 1. The molecule has 108 valence electrons. The standard InChI is InChI=1S/C16H28O2Si/c1-16(2,3)19(4,5)18-12-6-7-14-8-10-15(13-17)11-9-14/h8-11,17H,6-7,12-13H2,1-5H3. The fourth-order valence-corrected chi connectivity index (χ4v) is 2.72. The van der Waals surface area contributed by atoms with Crippen molar-refractivity contribution in [3.8, 4) is 0 Å². The topological polar surface area (TPSA) is 29.5 Å². The molecule has 0 fully saturated rings. The van der Waals surface area contributed by atoms with Gasteiger partial charge in [0.15, 0.2) is 8.32 Å². The average Bonchev–Trinajstić information content (AvgIpc) is 2.34. The molecule has 3 heteroatoms. The maximum atomic E-state index is 8.99. The molecule has 0 unspecified atom stereocenters. The molecule has 0 spiro atoms. The minimum atomic E-state index is -1.59. The van der Waals surface area contributed by atoms with Crippen LogP contribution >= 0.6 is 0 Å². The molecule has 1 rings (SSSR count). The van der Waals surface area contributed by atoms with Gasteiger partial charge in [-0.1, -0.05) is 45.0 Å². The fourth-order valence-electron chi connectivity index (χ4n) is 1.63.